The number of nitrogens with one attached hydrogen (secondary N) is 3. The second-order valence-electron chi connectivity index (χ2n) is 15.9. The highest BCUT2D eigenvalue weighted by atomic mass is 35.5. The molecule has 308 valence electrons. The summed E-state index contributed by atoms with van der Waals surface area (Å²) in [6, 6.07) is 19.4. The molecule has 0 aliphatic heterocycles. The van der Waals surface area contributed by atoms with E-state index in [1.807, 2.05) is 42.2 Å². The van der Waals surface area contributed by atoms with Crippen LogP contribution < -0.4 is 16.0 Å². The van der Waals surface area contributed by atoms with Crippen molar-refractivity contribution in [3.63, 3.8) is 0 Å². The smallest absolute Gasteiger partial charge is 0.419 e. The van der Waals surface area contributed by atoms with Crippen LogP contribution in [0.3, 0.4) is 0 Å². The van der Waals surface area contributed by atoms with Crippen molar-refractivity contribution in [2.75, 3.05) is 23.7 Å². The van der Waals surface area contributed by atoms with Gasteiger partial charge in [-0.2, -0.15) is 0 Å². The number of hydrogen-bond acceptors (Lipinski definition) is 8. The van der Waals surface area contributed by atoms with Crippen molar-refractivity contribution in [1.29, 1.82) is 0 Å². The Bertz CT molecular complexity index is 2140. The fourth-order valence-corrected chi connectivity index (χ4v) is 6.55. The summed E-state index contributed by atoms with van der Waals surface area (Å²) >= 11 is 6.32. The summed E-state index contributed by atoms with van der Waals surface area (Å²) in [7, 11) is 0. The van der Waals surface area contributed by atoms with E-state index in [2.05, 4.69) is 29.1 Å². The molecule has 0 unspecified atom stereocenters. The molecule has 0 spiro atoms. The third-order valence-corrected chi connectivity index (χ3v) is 8.98. The quantitative estimate of drug-likeness (QED) is 0.0613. The zero-order chi connectivity index (χ0) is 42.8. The number of ether oxygens (including phenoxy) is 2. The number of esters is 1. The fourth-order valence-electron chi connectivity index (χ4n) is 6.38. The molecule has 3 N–H and O–H groups in total. The zero-order valence-corrected chi connectivity index (χ0v) is 35.1. The minimum Gasteiger partial charge on any atom is -0.455 e. The molecule has 0 bridgehead atoms. The minimum absolute atomic E-state index is 0.0529. The van der Waals surface area contributed by atoms with Crippen molar-refractivity contribution in [2.24, 2.45) is 0 Å². The van der Waals surface area contributed by atoms with Crippen molar-refractivity contribution in [2.45, 2.75) is 91.0 Å². The molecule has 0 aliphatic rings. The van der Waals surface area contributed by atoms with Gasteiger partial charge in [-0.1, -0.05) is 73.5 Å². The molecule has 58 heavy (non-hydrogen) atoms. The molecule has 4 aromatic rings. The fraction of sp³-hybridized carbons (Fsp3) is 0.356. The number of hydrogen-bond donors (Lipinski definition) is 3. The van der Waals surface area contributed by atoms with Crippen molar-refractivity contribution in [3.05, 3.63) is 120 Å². The number of carbonyl (C=O) groups excluding carboxylic acids is 5. The van der Waals surface area contributed by atoms with Crippen LogP contribution in [0.15, 0.2) is 98.1 Å². The molecule has 0 fully saturated rings. The van der Waals surface area contributed by atoms with Crippen LogP contribution in [0.5, 0.6) is 0 Å². The summed E-state index contributed by atoms with van der Waals surface area (Å²) in [5, 5.41) is 9.11. The third-order valence-electron chi connectivity index (χ3n) is 8.75. The monoisotopic (exact) mass is 811 g/mol. The van der Waals surface area contributed by atoms with E-state index in [4.69, 9.17) is 21.1 Å². The van der Waals surface area contributed by atoms with Gasteiger partial charge in [0.2, 0.25) is 5.91 Å². The van der Waals surface area contributed by atoms with Gasteiger partial charge in [0.25, 0.3) is 0 Å². The molecule has 0 saturated carbocycles. The number of aromatic nitrogens is 1. The first-order valence-corrected chi connectivity index (χ1v) is 19.5. The van der Waals surface area contributed by atoms with E-state index in [1.54, 1.807) is 90.1 Å². The Morgan fingerprint density at radius 2 is 1.48 bits per heavy atom. The summed E-state index contributed by atoms with van der Waals surface area (Å²) in [5.41, 5.74) is 0.755. The molecule has 4 rings (SSSR count). The maximum Gasteiger partial charge on any atom is 0.419 e. The summed E-state index contributed by atoms with van der Waals surface area (Å²) in [5.74, 6) is -3.85. The summed E-state index contributed by atoms with van der Waals surface area (Å²) < 4.78 is 12.4. The highest BCUT2D eigenvalue weighted by Gasteiger charge is 2.34. The van der Waals surface area contributed by atoms with Crippen molar-refractivity contribution < 1.29 is 33.4 Å². The molecular formula is C45H54ClN5O7. The van der Waals surface area contributed by atoms with E-state index >= 15 is 0 Å². The molecule has 0 aliphatic carbocycles. The molecule has 3 aromatic carbocycles. The highest BCUT2D eigenvalue weighted by Crippen LogP contribution is 2.30. The van der Waals surface area contributed by atoms with Gasteiger partial charge < -0.3 is 25.4 Å². The predicted molar refractivity (Wildman–Crippen MR) is 229 cm³/mol. The highest BCUT2D eigenvalue weighted by molar-refractivity contribution is 6.40. The van der Waals surface area contributed by atoms with Crippen LogP contribution >= 0.6 is 11.6 Å². The summed E-state index contributed by atoms with van der Waals surface area (Å²) in [6.07, 6.45) is 3.91. The van der Waals surface area contributed by atoms with Gasteiger partial charge in [0.05, 0.1) is 5.52 Å². The number of fused-ring (bicyclic) bond motifs is 1. The van der Waals surface area contributed by atoms with E-state index in [-0.39, 0.29) is 5.69 Å². The number of carbonyl (C=O) groups is 5. The van der Waals surface area contributed by atoms with Gasteiger partial charge in [-0.25, -0.2) is 14.2 Å². The lowest BCUT2D eigenvalue weighted by molar-refractivity contribution is -0.137. The van der Waals surface area contributed by atoms with Gasteiger partial charge in [0.15, 0.2) is 0 Å². The SMILES string of the molecule is C=CCN(CC=C)Cc1ccc(Cl)cc1NC(=O)C(=O)N[C@H](C(=O)Nc1ccc2c(c1)cc(C(=O)OC(C)(C)C)n2C(=O)OC(C)(C)C)[C@@H](CCC)c1ccccc1. The van der Waals surface area contributed by atoms with Crippen molar-refractivity contribution in [3.8, 4) is 0 Å². The summed E-state index contributed by atoms with van der Waals surface area (Å²) in [4.78, 5) is 70.5. The summed E-state index contributed by atoms with van der Waals surface area (Å²) in [6.45, 7) is 21.4. The lowest BCUT2D eigenvalue weighted by Gasteiger charge is -2.27. The average molecular weight is 812 g/mol. The van der Waals surface area contributed by atoms with Crippen molar-refractivity contribution >= 4 is 63.7 Å². The maximum atomic E-state index is 14.3. The second-order valence-corrected chi connectivity index (χ2v) is 16.3. The first kappa shape index (κ1) is 45.0. The van der Waals surface area contributed by atoms with Crippen LogP contribution in [0.1, 0.15) is 88.8 Å². The van der Waals surface area contributed by atoms with E-state index in [9.17, 15) is 24.0 Å². The number of anilines is 2. The second kappa shape index (κ2) is 19.6. The average Bonchev–Trinajstić information content (AvgIpc) is 3.52. The Kier molecular flexibility index (Phi) is 15.2. The largest absolute Gasteiger partial charge is 0.455 e. The Morgan fingerprint density at radius 3 is 2.09 bits per heavy atom. The van der Waals surface area contributed by atoms with Gasteiger partial charge in [-0.3, -0.25) is 19.3 Å². The van der Waals surface area contributed by atoms with Gasteiger partial charge in [-0.05, 0) is 95.5 Å². The minimum atomic E-state index is -1.20. The van der Waals surface area contributed by atoms with Crippen LogP contribution in [0.25, 0.3) is 10.9 Å². The van der Waals surface area contributed by atoms with Gasteiger partial charge in [0, 0.05) is 47.3 Å². The van der Waals surface area contributed by atoms with E-state index < -0.39 is 52.9 Å². The molecule has 0 radical (unpaired) electrons. The van der Waals surface area contributed by atoms with Crippen LogP contribution in [-0.4, -0.2) is 69.6 Å². The number of nitrogens with zero attached hydrogens (tertiary/aromatic N) is 2. The van der Waals surface area contributed by atoms with Gasteiger partial charge in [-0.15, -0.1) is 13.2 Å². The number of benzene rings is 3. The Hall–Kier alpha value is -5.72. The van der Waals surface area contributed by atoms with Crippen LogP contribution in [-0.2, 0) is 30.4 Å². The number of rotatable bonds is 15. The van der Waals surface area contributed by atoms with Crippen molar-refractivity contribution in [1.82, 2.24) is 14.8 Å². The maximum absolute atomic E-state index is 14.3. The lowest BCUT2D eigenvalue weighted by Crippen LogP contribution is -2.50. The van der Waals surface area contributed by atoms with Gasteiger partial charge in [0.1, 0.15) is 22.9 Å². The number of amides is 3. The first-order valence-electron chi connectivity index (χ1n) is 19.2. The Balaban J connectivity index is 1.69. The van der Waals surface area contributed by atoms with Crippen LogP contribution in [0.2, 0.25) is 5.02 Å². The Morgan fingerprint density at radius 1 is 0.828 bits per heavy atom. The molecule has 1 heterocycles. The lowest BCUT2D eigenvalue weighted by atomic mass is 9.86. The Labute approximate surface area is 345 Å². The van der Waals surface area contributed by atoms with Crippen LogP contribution in [0, 0.1) is 0 Å². The molecule has 0 saturated heterocycles. The molecule has 1 aromatic heterocycles. The molecule has 2 atom stereocenters. The molecule has 12 nitrogen and oxygen atoms in total. The van der Waals surface area contributed by atoms with Gasteiger partial charge >= 0.3 is 23.9 Å². The van der Waals surface area contributed by atoms with E-state index in [0.29, 0.717) is 65.3 Å². The molecule has 13 heteroatoms. The van der Waals surface area contributed by atoms with E-state index in [0.717, 1.165) is 10.1 Å². The van der Waals surface area contributed by atoms with Crippen LogP contribution in [0.4, 0.5) is 16.2 Å². The first-order chi connectivity index (χ1) is 27.3. The standard InChI is InChI=1S/C45H54ClN5O7/c1-10-16-34(29-17-14-13-15-18-29)38(49-41(54)40(53)48-35-27-32(46)20-19-30(35)28-50(23-11-2)24-12-3)39(52)47-33-21-22-36-31(25-33)26-37(42(55)57-44(4,5)6)51(36)43(56)58-45(7,8)9/h11-15,17-22,25-27,34,38H,2-3,10,16,23-24,28H2,1,4-9H3,(H,47,52)(H,48,53)(H,49,54)/t34-,38-/m0/s1. The molecule has 3 amide bonds. The third kappa shape index (κ3) is 12.4. The normalized spacial score (nSPS) is 12.6. The number of halogens is 1. The topological polar surface area (TPSA) is 148 Å². The molecular weight excluding hydrogens is 758 g/mol. The predicted octanol–water partition coefficient (Wildman–Crippen LogP) is 8.85. The zero-order valence-electron chi connectivity index (χ0n) is 34.3. The van der Waals surface area contributed by atoms with E-state index in [1.165, 1.54) is 6.07 Å².